The standard InChI is InChI=1S/C12H12N4O3/c13-6-1-2-7-9(5-6)19-12(14-7)15-8-3-4-10(17)16-11(8)18/h1-2,5,8H,3-4,13H2,(H,14,15)(H,16,17,18). The van der Waals surface area contributed by atoms with Crippen molar-refractivity contribution in [3.8, 4) is 0 Å². The van der Waals surface area contributed by atoms with Crippen LogP contribution in [-0.2, 0) is 9.59 Å². The number of hydrogen-bond acceptors (Lipinski definition) is 6. The number of nitrogens with two attached hydrogens (primary N) is 1. The van der Waals surface area contributed by atoms with Gasteiger partial charge in [0.1, 0.15) is 11.6 Å². The van der Waals surface area contributed by atoms with E-state index in [4.69, 9.17) is 10.2 Å². The number of nitrogens with one attached hydrogen (secondary N) is 2. The first kappa shape index (κ1) is 11.5. The molecule has 7 nitrogen and oxygen atoms in total. The van der Waals surface area contributed by atoms with Crippen LogP contribution < -0.4 is 16.4 Å². The molecule has 4 N–H and O–H groups in total. The SMILES string of the molecule is Nc1ccc2nc(NC3CCC(=O)NC3=O)oc2c1. The number of fused-ring (bicyclic) bond motifs is 1. The molecule has 1 saturated heterocycles. The molecular weight excluding hydrogens is 248 g/mol. The lowest BCUT2D eigenvalue weighted by atomic mass is 10.1. The largest absolute Gasteiger partial charge is 0.423 e. The quantitative estimate of drug-likeness (QED) is 0.539. The zero-order chi connectivity index (χ0) is 13.4. The molecule has 1 aliphatic heterocycles. The molecule has 0 spiro atoms. The monoisotopic (exact) mass is 260 g/mol. The van der Waals surface area contributed by atoms with Crippen molar-refractivity contribution in [2.45, 2.75) is 18.9 Å². The molecule has 1 aromatic heterocycles. The van der Waals surface area contributed by atoms with Gasteiger partial charge in [-0.3, -0.25) is 14.9 Å². The number of anilines is 2. The summed E-state index contributed by atoms with van der Waals surface area (Å²) in [6, 6.07) is 4.86. The summed E-state index contributed by atoms with van der Waals surface area (Å²) in [5.74, 6) is -0.619. The molecular formula is C12H12N4O3. The van der Waals surface area contributed by atoms with E-state index in [1.807, 2.05) is 0 Å². The summed E-state index contributed by atoms with van der Waals surface area (Å²) in [6.07, 6.45) is 0.724. The summed E-state index contributed by atoms with van der Waals surface area (Å²) in [5.41, 5.74) is 7.43. The molecule has 0 radical (unpaired) electrons. The minimum Gasteiger partial charge on any atom is -0.423 e. The Hall–Kier alpha value is -2.57. The molecule has 1 unspecified atom stereocenters. The lowest BCUT2D eigenvalue weighted by Crippen LogP contribution is -2.47. The second-order valence-electron chi connectivity index (χ2n) is 4.39. The second kappa shape index (κ2) is 4.27. The molecule has 19 heavy (non-hydrogen) atoms. The van der Waals surface area contributed by atoms with Crippen molar-refractivity contribution in [2.75, 3.05) is 11.1 Å². The highest BCUT2D eigenvalue weighted by atomic mass is 16.4. The van der Waals surface area contributed by atoms with E-state index < -0.39 is 6.04 Å². The average molecular weight is 260 g/mol. The second-order valence-corrected chi connectivity index (χ2v) is 4.39. The molecule has 1 aromatic carbocycles. The van der Waals surface area contributed by atoms with Gasteiger partial charge in [-0.15, -0.1) is 0 Å². The van der Waals surface area contributed by atoms with Crippen LogP contribution in [0.5, 0.6) is 0 Å². The lowest BCUT2D eigenvalue weighted by molar-refractivity contribution is -0.133. The number of piperidine rings is 1. The van der Waals surface area contributed by atoms with Gasteiger partial charge in [0.15, 0.2) is 5.58 Å². The van der Waals surface area contributed by atoms with Gasteiger partial charge in [0.25, 0.3) is 6.01 Å². The maximum absolute atomic E-state index is 11.6. The van der Waals surface area contributed by atoms with Gasteiger partial charge in [0, 0.05) is 18.2 Å². The van der Waals surface area contributed by atoms with E-state index in [1.54, 1.807) is 18.2 Å². The number of oxazole rings is 1. The van der Waals surface area contributed by atoms with Gasteiger partial charge in [0.05, 0.1) is 0 Å². The van der Waals surface area contributed by atoms with E-state index in [0.29, 0.717) is 29.6 Å². The third-order valence-electron chi connectivity index (χ3n) is 2.95. The molecule has 7 heteroatoms. The number of hydrogen-bond donors (Lipinski definition) is 3. The highest BCUT2D eigenvalue weighted by Gasteiger charge is 2.27. The summed E-state index contributed by atoms with van der Waals surface area (Å²) in [4.78, 5) is 26.8. The molecule has 98 valence electrons. The van der Waals surface area contributed by atoms with Gasteiger partial charge in [-0.2, -0.15) is 4.98 Å². The van der Waals surface area contributed by atoms with Crippen LogP contribution >= 0.6 is 0 Å². The summed E-state index contributed by atoms with van der Waals surface area (Å²) < 4.78 is 5.46. The smallest absolute Gasteiger partial charge is 0.296 e. The van der Waals surface area contributed by atoms with Gasteiger partial charge in [0.2, 0.25) is 11.8 Å². The highest BCUT2D eigenvalue weighted by Crippen LogP contribution is 2.22. The van der Waals surface area contributed by atoms with E-state index in [9.17, 15) is 9.59 Å². The van der Waals surface area contributed by atoms with Crippen molar-refractivity contribution < 1.29 is 14.0 Å². The van der Waals surface area contributed by atoms with Gasteiger partial charge in [-0.05, 0) is 18.6 Å². The number of nitrogens with zero attached hydrogens (tertiary/aromatic N) is 1. The van der Waals surface area contributed by atoms with Crippen LogP contribution in [-0.4, -0.2) is 22.8 Å². The topological polar surface area (TPSA) is 110 Å². The fourth-order valence-corrected chi connectivity index (χ4v) is 1.98. The van der Waals surface area contributed by atoms with Crippen LogP contribution in [0.1, 0.15) is 12.8 Å². The Balaban J connectivity index is 1.81. The normalized spacial score (nSPS) is 19.5. The molecule has 2 amide bonds. The minimum atomic E-state index is -0.511. The summed E-state index contributed by atoms with van der Waals surface area (Å²) in [5, 5.41) is 5.14. The third kappa shape index (κ3) is 2.22. The Bertz CT molecular complexity index is 664. The highest BCUT2D eigenvalue weighted by molar-refractivity contribution is 6.01. The fraction of sp³-hybridized carbons (Fsp3) is 0.250. The van der Waals surface area contributed by atoms with Crippen LogP contribution in [0.4, 0.5) is 11.7 Å². The Morgan fingerprint density at radius 3 is 3.05 bits per heavy atom. The Labute approximate surface area is 108 Å². The number of aromatic nitrogens is 1. The van der Waals surface area contributed by atoms with Gasteiger partial charge in [-0.1, -0.05) is 0 Å². The third-order valence-corrected chi connectivity index (χ3v) is 2.95. The van der Waals surface area contributed by atoms with Crippen molar-refractivity contribution in [1.29, 1.82) is 0 Å². The number of amides is 2. The van der Waals surface area contributed by atoms with Crippen LogP contribution in [0.15, 0.2) is 22.6 Å². The van der Waals surface area contributed by atoms with E-state index in [2.05, 4.69) is 15.6 Å². The first-order valence-corrected chi connectivity index (χ1v) is 5.88. The van der Waals surface area contributed by atoms with E-state index >= 15 is 0 Å². The summed E-state index contributed by atoms with van der Waals surface area (Å²) in [7, 11) is 0. The van der Waals surface area contributed by atoms with Crippen molar-refractivity contribution in [3.63, 3.8) is 0 Å². The number of imide groups is 1. The Kier molecular flexibility index (Phi) is 2.59. The van der Waals surface area contributed by atoms with E-state index in [1.165, 1.54) is 0 Å². The van der Waals surface area contributed by atoms with Gasteiger partial charge < -0.3 is 15.5 Å². The van der Waals surface area contributed by atoms with Crippen molar-refractivity contribution >= 4 is 34.6 Å². The minimum absolute atomic E-state index is 0.245. The van der Waals surface area contributed by atoms with Crippen LogP contribution in [0.3, 0.4) is 0 Å². The van der Waals surface area contributed by atoms with Crippen molar-refractivity contribution in [2.24, 2.45) is 0 Å². The Morgan fingerprint density at radius 1 is 1.42 bits per heavy atom. The molecule has 2 aromatic rings. The Morgan fingerprint density at radius 2 is 2.26 bits per heavy atom. The average Bonchev–Trinajstić information content (AvgIpc) is 2.74. The van der Waals surface area contributed by atoms with Crippen LogP contribution in [0.25, 0.3) is 11.1 Å². The lowest BCUT2D eigenvalue weighted by Gasteiger charge is -2.20. The number of carbonyl (C=O) groups excluding carboxylic acids is 2. The maximum Gasteiger partial charge on any atom is 0.296 e. The summed E-state index contributed by atoms with van der Waals surface area (Å²) >= 11 is 0. The number of benzene rings is 1. The number of nitrogen functional groups attached to an aromatic ring is 1. The number of carbonyl (C=O) groups is 2. The first-order valence-electron chi connectivity index (χ1n) is 5.88. The predicted molar refractivity (Wildman–Crippen MR) is 68.2 cm³/mol. The van der Waals surface area contributed by atoms with Crippen molar-refractivity contribution in [3.05, 3.63) is 18.2 Å². The molecule has 0 aliphatic carbocycles. The zero-order valence-corrected chi connectivity index (χ0v) is 9.97. The first-order chi connectivity index (χ1) is 9.11. The molecule has 1 atom stereocenters. The molecule has 0 bridgehead atoms. The van der Waals surface area contributed by atoms with Crippen LogP contribution in [0, 0.1) is 0 Å². The molecule has 2 heterocycles. The summed E-state index contributed by atoms with van der Waals surface area (Å²) in [6.45, 7) is 0. The van der Waals surface area contributed by atoms with E-state index in [-0.39, 0.29) is 17.8 Å². The fourth-order valence-electron chi connectivity index (χ4n) is 1.98. The zero-order valence-electron chi connectivity index (χ0n) is 9.97. The van der Waals surface area contributed by atoms with Gasteiger partial charge in [-0.25, -0.2) is 0 Å². The van der Waals surface area contributed by atoms with E-state index in [0.717, 1.165) is 0 Å². The predicted octanol–water partition coefficient (Wildman–Crippen LogP) is 0.627. The molecule has 1 fully saturated rings. The number of rotatable bonds is 2. The molecule has 0 saturated carbocycles. The van der Waals surface area contributed by atoms with Crippen LogP contribution in [0.2, 0.25) is 0 Å². The van der Waals surface area contributed by atoms with Gasteiger partial charge >= 0.3 is 0 Å². The maximum atomic E-state index is 11.6. The molecule has 1 aliphatic rings. The van der Waals surface area contributed by atoms with Crippen molar-refractivity contribution in [1.82, 2.24) is 10.3 Å². The molecule has 3 rings (SSSR count).